The van der Waals surface area contributed by atoms with Crippen LogP contribution >= 0.6 is 0 Å². The van der Waals surface area contributed by atoms with Crippen molar-refractivity contribution in [2.45, 2.75) is 56.7 Å². The monoisotopic (exact) mass is 219 g/mol. The Morgan fingerprint density at radius 1 is 0.933 bits per heavy atom. The Labute approximate surface area is 89.4 Å². The van der Waals surface area contributed by atoms with Gasteiger partial charge in [0.2, 0.25) is 5.92 Å². The molecule has 0 spiro atoms. The second kappa shape index (κ2) is 4.74. The van der Waals surface area contributed by atoms with Crippen LogP contribution in [-0.2, 0) is 4.74 Å². The first-order valence-electron chi connectivity index (χ1n) is 5.90. The van der Waals surface area contributed by atoms with E-state index in [2.05, 4.69) is 5.32 Å². The van der Waals surface area contributed by atoms with Crippen LogP contribution in [0.3, 0.4) is 0 Å². The molecule has 2 aliphatic rings. The molecule has 1 heterocycles. The van der Waals surface area contributed by atoms with Crippen molar-refractivity contribution in [2.24, 2.45) is 0 Å². The van der Waals surface area contributed by atoms with Gasteiger partial charge in [0.15, 0.2) is 0 Å². The molecule has 4 heteroatoms. The minimum absolute atomic E-state index is 0.00262. The van der Waals surface area contributed by atoms with Gasteiger partial charge < -0.3 is 10.1 Å². The second-order valence-corrected chi connectivity index (χ2v) is 4.64. The lowest BCUT2D eigenvalue weighted by atomic mass is 9.94. The smallest absolute Gasteiger partial charge is 0.248 e. The van der Waals surface area contributed by atoms with Gasteiger partial charge in [0.1, 0.15) is 0 Å². The highest BCUT2D eigenvalue weighted by molar-refractivity contribution is 4.79. The molecule has 88 valence electrons. The molecule has 1 saturated heterocycles. The summed E-state index contributed by atoms with van der Waals surface area (Å²) >= 11 is 0. The van der Waals surface area contributed by atoms with Gasteiger partial charge in [-0.1, -0.05) is 0 Å². The van der Waals surface area contributed by atoms with Crippen molar-refractivity contribution in [3.8, 4) is 0 Å². The molecule has 0 unspecified atom stereocenters. The fourth-order valence-electron chi connectivity index (χ4n) is 2.35. The molecule has 1 N–H and O–H groups in total. The number of piperidine rings is 1. The van der Waals surface area contributed by atoms with E-state index in [4.69, 9.17) is 4.74 Å². The zero-order chi connectivity index (χ0) is 10.7. The minimum atomic E-state index is -2.44. The van der Waals surface area contributed by atoms with Crippen molar-refractivity contribution >= 4 is 0 Å². The quantitative estimate of drug-likeness (QED) is 0.769. The molecule has 2 fully saturated rings. The van der Waals surface area contributed by atoms with Crippen LogP contribution in [0.1, 0.15) is 38.5 Å². The Morgan fingerprint density at radius 2 is 1.47 bits per heavy atom. The highest BCUT2D eigenvalue weighted by Crippen LogP contribution is 2.35. The van der Waals surface area contributed by atoms with Crippen molar-refractivity contribution in [1.29, 1.82) is 0 Å². The summed E-state index contributed by atoms with van der Waals surface area (Å²) in [6, 6.07) is 0. The van der Waals surface area contributed by atoms with Gasteiger partial charge in [0.25, 0.3) is 0 Å². The molecule has 0 bridgehead atoms. The van der Waals surface area contributed by atoms with Crippen molar-refractivity contribution < 1.29 is 13.5 Å². The normalized spacial score (nSPS) is 29.2. The highest BCUT2D eigenvalue weighted by atomic mass is 19.3. The van der Waals surface area contributed by atoms with E-state index in [1.54, 1.807) is 0 Å². The Kier molecular flexibility index (Phi) is 3.57. The molecule has 0 atom stereocenters. The fraction of sp³-hybridized carbons (Fsp3) is 1.00. The Morgan fingerprint density at radius 3 is 2.07 bits per heavy atom. The van der Waals surface area contributed by atoms with E-state index in [0.717, 1.165) is 25.9 Å². The fourth-order valence-corrected chi connectivity index (χ4v) is 2.35. The molecule has 15 heavy (non-hydrogen) atoms. The minimum Gasteiger partial charge on any atom is -0.375 e. The lowest BCUT2D eigenvalue weighted by molar-refractivity contribution is -0.103. The zero-order valence-electron chi connectivity index (χ0n) is 8.98. The second-order valence-electron chi connectivity index (χ2n) is 4.64. The van der Waals surface area contributed by atoms with Crippen LogP contribution in [0.15, 0.2) is 0 Å². The molecule has 0 aromatic rings. The van der Waals surface area contributed by atoms with Gasteiger partial charge in [-0.3, -0.25) is 0 Å². The molecule has 2 nitrogen and oxygen atoms in total. The summed E-state index contributed by atoms with van der Waals surface area (Å²) in [5, 5.41) is 3.27. The summed E-state index contributed by atoms with van der Waals surface area (Å²) in [5.74, 6) is -2.44. The standard InChI is InChI=1S/C11H19F2NO/c12-11(13)5-1-9(2-6-11)15-10-3-7-14-8-4-10/h9-10,14H,1-8H2. The Bertz CT molecular complexity index is 195. The van der Waals surface area contributed by atoms with Crippen LogP contribution in [0.5, 0.6) is 0 Å². The molecule has 0 aromatic heterocycles. The van der Waals surface area contributed by atoms with E-state index in [1.165, 1.54) is 0 Å². The summed E-state index contributed by atoms with van der Waals surface area (Å²) in [4.78, 5) is 0. The molecular formula is C11H19F2NO. The van der Waals surface area contributed by atoms with Crippen LogP contribution in [0.25, 0.3) is 0 Å². The van der Waals surface area contributed by atoms with Crippen LogP contribution in [0.4, 0.5) is 8.78 Å². The van der Waals surface area contributed by atoms with Gasteiger partial charge in [-0.25, -0.2) is 8.78 Å². The van der Waals surface area contributed by atoms with Crippen molar-refractivity contribution in [3.63, 3.8) is 0 Å². The number of rotatable bonds is 2. The maximum atomic E-state index is 12.9. The van der Waals surface area contributed by atoms with E-state index < -0.39 is 5.92 Å². The Balaban J connectivity index is 1.71. The molecule has 1 aliphatic heterocycles. The van der Waals surface area contributed by atoms with Crippen molar-refractivity contribution in [3.05, 3.63) is 0 Å². The maximum absolute atomic E-state index is 12.9. The molecular weight excluding hydrogens is 200 g/mol. The lowest BCUT2D eigenvalue weighted by Crippen LogP contribution is -2.37. The van der Waals surface area contributed by atoms with Gasteiger partial charge in [0, 0.05) is 12.8 Å². The first kappa shape index (κ1) is 11.3. The van der Waals surface area contributed by atoms with Gasteiger partial charge >= 0.3 is 0 Å². The van der Waals surface area contributed by atoms with E-state index in [-0.39, 0.29) is 18.9 Å². The topological polar surface area (TPSA) is 21.3 Å². The van der Waals surface area contributed by atoms with Crippen molar-refractivity contribution in [1.82, 2.24) is 5.32 Å². The lowest BCUT2D eigenvalue weighted by Gasteiger charge is -2.32. The van der Waals surface area contributed by atoms with Gasteiger partial charge in [-0.05, 0) is 38.8 Å². The average Bonchev–Trinajstić information content (AvgIpc) is 2.23. The molecule has 0 radical (unpaired) electrons. The van der Waals surface area contributed by atoms with Gasteiger partial charge in [0.05, 0.1) is 12.2 Å². The van der Waals surface area contributed by atoms with Gasteiger partial charge in [-0.2, -0.15) is 0 Å². The van der Waals surface area contributed by atoms with Crippen LogP contribution in [-0.4, -0.2) is 31.2 Å². The van der Waals surface area contributed by atoms with E-state index >= 15 is 0 Å². The number of ether oxygens (including phenoxy) is 1. The third-order valence-corrected chi connectivity index (χ3v) is 3.34. The number of hydrogen-bond acceptors (Lipinski definition) is 2. The third-order valence-electron chi connectivity index (χ3n) is 3.34. The number of hydrogen-bond donors (Lipinski definition) is 1. The van der Waals surface area contributed by atoms with E-state index in [1.807, 2.05) is 0 Å². The Hall–Kier alpha value is -0.220. The predicted octanol–water partition coefficient (Wildman–Crippen LogP) is 2.33. The van der Waals surface area contributed by atoms with Crippen LogP contribution < -0.4 is 5.32 Å². The predicted molar refractivity (Wildman–Crippen MR) is 54.2 cm³/mol. The molecule has 1 saturated carbocycles. The third kappa shape index (κ3) is 3.38. The molecule has 1 aliphatic carbocycles. The number of halogens is 2. The molecule has 0 aromatic carbocycles. The zero-order valence-corrected chi connectivity index (χ0v) is 8.98. The molecule has 0 amide bonds. The first-order valence-corrected chi connectivity index (χ1v) is 5.90. The van der Waals surface area contributed by atoms with Crippen LogP contribution in [0.2, 0.25) is 0 Å². The van der Waals surface area contributed by atoms with Crippen LogP contribution in [0, 0.1) is 0 Å². The van der Waals surface area contributed by atoms with Gasteiger partial charge in [-0.15, -0.1) is 0 Å². The molecule has 2 rings (SSSR count). The highest BCUT2D eigenvalue weighted by Gasteiger charge is 2.36. The summed E-state index contributed by atoms with van der Waals surface area (Å²) in [7, 11) is 0. The average molecular weight is 219 g/mol. The van der Waals surface area contributed by atoms with Crippen molar-refractivity contribution in [2.75, 3.05) is 13.1 Å². The summed E-state index contributed by atoms with van der Waals surface area (Å²) in [5.41, 5.74) is 0. The summed E-state index contributed by atoms with van der Waals surface area (Å²) in [6.07, 6.45) is 3.47. The van der Waals surface area contributed by atoms with E-state index in [0.29, 0.717) is 18.9 Å². The first-order chi connectivity index (χ1) is 7.16. The van der Waals surface area contributed by atoms with E-state index in [9.17, 15) is 8.78 Å². The number of alkyl halides is 2. The maximum Gasteiger partial charge on any atom is 0.248 e. The SMILES string of the molecule is FC1(F)CCC(OC2CCNCC2)CC1. The summed E-state index contributed by atoms with van der Waals surface area (Å²) < 4.78 is 31.6. The largest absolute Gasteiger partial charge is 0.375 e. The summed E-state index contributed by atoms with van der Waals surface area (Å²) in [6.45, 7) is 1.99. The number of nitrogens with one attached hydrogen (secondary N) is 1.